The summed E-state index contributed by atoms with van der Waals surface area (Å²) < 4.78 is 4.85. The van der Waals surface area contributed by atoms with Crippen molar-refractivity contribution >= 4 is 11.8 Å². The fourth-order valence-corrected chi connectivity index (χ4v) is 8.14. The topological polar surface area (TPSA) is 43.4 Å². The van der Waals surface area contributed by atoms with E-state index in [0.717, 1.165) is 25.7 Å². The number of carbonyl (C=O) groups excluding carboxylic acids is 2. The van der Waals surface area contributed by atoms with E-state index in [9.17, 15) is 9.59 Å². The van der Waals surface area contributed by atoms with Crippen molar-refractivity contribution in [2.24, 2.45) is 46.3 Å². The fraction of sp³-hybridized carbons (Fsp3) is 0.840. The summed E-state index contributed by atoms with van der Waals surface area (Å²) in [4.78, 5) is 25.0. The van der Waals surface area contributed by atoms with Crippen molar-refractivity contribution in [2.75, 3.05) is 7.11 Å². The predicted molar refractivity (Wildman–Crippen MR) is 111 cm³/mol. The van der Waals surface area contributed by atoms with Crippen LogP contribution in [0.5, 0.6) is 0 Å². The van der Waals surface area contributed by atoms with Gasteiger partial charge in [-0.25, -0.2) is 0 Å². The van der Waals surface area contributed by atoms with Gasteiger partial charge in [-0.1, -0.05) is 32.9 Å². The van der Waals surface area contributed by atoms with Crippen molar-refractivity contribution in [3.8, 4) is 0 Å². The molecule has 4 aliphatic rings. The Balaban J connectivity index is 1.55. The van der Waals surface area contributed by atoms with Gasteiger partial charge in [-0.3, -0.25) is 9.59 Å². The summed E-state index contributed by atoms with van der Waals surface area (Å²) in [5.41, 5.74) is 0.587. The van der Waals surface area contributed by atoms with Gasteiger partial charge in [0.2, 0.25) is 0 Å². The monoisotopic (exact) mass is 386 g/mol. The lowest BCUT2D eigenvalue weighted by Crippen LogP contribution is -2.56. The lowest BCUT2D eigenvalue weighted by Gasteiger charge is -2.59. The van der Waals surface area contributed by atoms with E-state index in [1.165, 1.54) is 32.8 Å². The zero-order valence-electron chi connectivity index (χ0n) is 18.2. The first-order chi connectivity index (χ1) is 13.3. The highest BCUT2D eigenvalue weighted by Gasteiger charge is 2.62. The second kappa shape index (κ2) is 7.29. The molecule has 4 rings (SSSR count). The van der Waals surface area contributed by atoms with Gasteiger partial charge in [0.25, 0.3) is 0 Å². The number of hydrogen-bond donors (Lipinski definition) is 0. The molecule has 0 aromatic rings. The normalized spacial score (nSPS) is 45.7. The van der Waals surface area contributed by atoms with Crippen molar-refractivity contribution in [1.29, 1.82) is 0 Å². The Morgan fingerprint density at radius 2 is 1.93 bits per heavy atom. The minimum Gasteiger partial charge on any atom is -0.469 e. The molecule has 3 unspecified atom stereocenters. The summed E-state index contributed by atoms with van der Waals surface area (Å²) in [6.45, 7) is 7.28. The summed E-state index contributed by atoms with van der Waals surface area (Å²) in [7, 11) is 1.48. The molecule has 0 bridgehead atoms. The molecule has 3 nitrogen and oxygen atoms in total. The number of fused-ring (bicyclic) bond motifs is 5. The second-order valence-corrected chi connectivity index (χ2v) is 10.8. The number of carbonyl (C=O) groups is 2. The average Bonchev–Trinajstić information content (AvgIpc) is 3.03. The zero-order valence-corrected chi connectivity index (χ0v) is 18.2. The third-order valence-corrected chi connectivity index (χ3v) is 9.81. The van der Waals surface area contributed by atoms with Gasteiger partial charge >= 0.3 is 5.97 Å². The van der Waals surface area contributed by atoms with Crippen molar-refractivity contribution < 1.29 is 14.3 Å². The molecule has 0 aromatic heterocycles. The van der Waals surface area contributed by atoms with Crippen molar-refractivity contribution in [1.82, 2.24) is 0 Å². The van der Waals surface area contributed by atoms with Crippen molar-refractivity contribution in [3.05, 3.63) is 12.2 Å². The largest absolute Gasteiger partial charge is 0.469 e. The van der Waals surface area contributed by atoms with Gasteiger partial charge in [-0.05, 0) is 85.4 Å². The van der Waals surface area contributed by atoms with E-state index < -0.39 is 0 Å². The lowest BCUT2D eigenvalue weighted by molar-refractivity contribution is -0.152. The molecule has 0 N–H and O–H groups in total. The summed E-state index contributed by atoms with van der Waals surface area (Å²) in [6.07, 6.45) is 14.1. The van der Waals surface area contributed by atoms with Crippen LogP contribution in [0, 0.1) is 46.3 Å². The summed E-state index contributed by atoms with van der Waals surface area (Å²) >= 11 is 0. The Morgan fingerprint density at radius 1 is 1.18 bits per heavy atom. The lowest BCUT2D eigenvalue weighted by atomic mass is 9.45. The van der Waals surface area contributed by atoms with Gasteiger partial charge in [0, 0.05) is 18.8 Å². The van der Waals surface area contributed by atoms with Crippen LogP contribution < -0.4 is 0 Å². The average molecular weight is 387 g/mol. The molecule has 3 heteroatoms. The summed E-state index contributed by atoms with van der Waals surface area (Å²) in [6, 6.07) is 0. The molecule has 0 radical (unpaired) electrons. The molecule has 3 fully saturated rings. The van der Waals surface area contributed by atoms with E-state index in [2.05, 4.69) is 32.9 Å². The van der Waals surface area contributed by atoms with Crippen LogP contribution >= 0.6 is 0 Å². The molecule has 0 aromatic carbocycles. The number of Topliss-reactive ketones (excluding diaryl/α,β-unsaturated/α-hetero) is 1. The van der Waals surface area contributed by atoms with Gasteiger partial charge in [0.1, 0.15) is 5.78 Å². The molecule has 8 atom stereocenters. The Hall–Kier alpha value is -1.12. The van der Waals surface area contributed by atoms with Crippen LogP contribution in [-0.4, -0.2) is 18.9 Å². The number of hydrogen-bond acceptors (Lipinski definition) is 3. The number of allylic oxidation sites excluding steroid dienone is 2. The highest BCUT2D eigenvalue weighted by atomic mass is 16.5. The summed E-state index contributed by atoms with van der Waals surface area (Å²) in [5, 5.41) is 0. The van der Waals surface area contributed by atoms with Crippen LogP contribution in [0.2, 0.25) is 0 Å². The van der Waals surface area contributed by atoms with E-state index in [1.807, 2.05) is 0 Å². The molecule has 3 saturated carbocycles. The minimum atomic E-state index is -0.0953. The number of ketones is 1. The zero-order chi connectivity index (χ0) is 20.1. The number of rotatable bonds is 4. The van der Waals surface area contributed by atoms with Crippen molar-refractivity contribution in [3.63, 3.8) is 0 Å². The van der Waals surface area contributed by atoms with E-state index in [0.29, 0.717) is 47.2 Å². The first kappa shape index (κ1) is 20.2. The fourth-order valence-electron chi connectivity index (χ4n) is 8.14. The Labute approximate surface area is 170 Å². The Bertz CT molecular complexity index is 667. The molecule has 156 valence electrons. The van der Waals surface area contributed by atoms with Gasteiger partial charge in [0.15, 0.2) is 0 Å². The van der Waals surface area contributed by atoms with E-state index in [1.54, 1.807) is 0 Å². The standard InChI is InChI=1S/C25H38O3/c1-16(8-11-22(27)28-4)18-9-10-19-23-20(12-14-25(18,19)3)24(2)13-6-5-7-17(24)15-21(23)26/h5-6,16-20,23H,7-15H2,1-4H3/t16-,17+,18-,19?,20?,23?,24+,25-/m1/s1. The third kappa shape index (κ3) is 2.99. The van der Waals surface area contributed by atoms with Crippen LogP contribution in [0.4, 0.5) is 0 Å². The SMILES string of the molecule is COC(=O)CC[C@@H](C)[C@H]1CCC2C3C(=O)C[C@@H]4CC=CC[C@]4(C)C3CC[C@@]21C. The molecule has 0 amide bonds. The van der Waals surface area contributed by atoms with Crippen LogP contribution in [-0.2, 0) is 14.3 Å². The highest BCUT2D eigenvalue weighted by Crippen LogP contribution is 2.67. The first-order valence-corrected chi connectivity index (χ1v) is 11.6. The maximum Gasteiger partial charge on any atom is 0.305 e. The summed E-state index contributed by atoms with van der Waals surface area (Å²) in [5.74, 6) is 3.59. The minimum absolute atomic E-state index is 0.0953. The van der Waals surface area contributed by atoms with Crippen LogP contribution in [0.3, 0.4) is 0 Å². The maximum atomic E-state index is 13.4. The Morgan fingerprint density at radius 3 is 2.68 bits per heavy atom. The number of esters is 1. The first-order valence-electron chi connectivity index (χ1n) is 11.6. The van der Waals surface area contributed by atoms with Crippen LogP contribution in [0.15, 0.2) is 12.2 Å². The van der Waals surface area contributed by atoms with E-state index in [-0.39, 0.29) is 17.3 Å². The third-order valence-electron chi connectivity index (χ3n) is 9.81. The number of methoxy groups -OCH3 is 1. The Kier molecular flexibility index (Phi) is 5.25. The quantitative estimate of drug-likeness (QED) is 0.468. The molecule has 0 aliphatic heterocycles. The number of ether oxygens (including phenoxy) is 1. The highest BCUT2D eigenvalue weighted by molar-refractivity contribution is 5.83. The molecule has 0 spiro atoms. The molecule has 0 heterocycles. The molecule has 28 heavy (non-hydrogen) atoms. The maximum absolute atomic E-state index is 13.4. The second-order valence-electron chi connectivity index (χ2n) is 10.8. The van der Waals surface area contributed by atoms with Crippen LogP contribution in [0.25, 0.3) is 0 Å². The molecule has 0 saturated heterocycles. The van der Waals surface area contributed by atoms with Gasteiger partial charge < -0.3 is 4.74 Å². The molecule has 4 aliphatic carbocycles. The van der Waals surface area contributed by atoms with Crippen molar-refractivity contribution in [2.45, 2.75) is 78.6 Å². The van der Waals surface area contributed by atoms with Gasteiger partial charge in [-0.2, -0.15) is 0 Å². The smallest absolute Gasteiger partial charge is 0.305 e. The van der Waals surface area contributed by atoms with E-state index >= 15 is 0 Å². The van der Waals surface area contributed by atoms with Gasteiger partial charge in [-0.15, -0.1) is 0 Å². The van der Waals surface area contributed by atoms with Crippen LogP contribution in [0.1, 0.15) is 78.6 Å². The van der Waals surface area contributed by atoms with E-state index in [4.69, 9.17) is 4.74 Å². The molecular formula is C25H38O3. The van der Waals surface area contributed by atoms with Gasteiger partial charge in [0.05, 0.1) is 7.11 Å². The molecular weight excluding hydrogens is 348 g/mol. The predicted octanol–water partition coefficient (Wildman–Crippen LogP) is 5.58.